The maximum absolute atomic E-state index is 12.5. The molecule has 0 spiro atoms. The summed E-state index contributed by atoms with van der Waals surface area (Å²) in [5, 5.41) is 7.37. The SMILES string of the molecule is CCOC(=O)c1cc(C(C)C)n(-c2ccc(C(=O)NCCc3ccc(OC)cc3)cc2)n1. The zero-order valence-electron chi connectivity index (χ0n) is 18.9. The van der Waals surface area contributed by atoms with Crippen LogP contribution in [0.1, 0.15) is 58.8 Å². The second kappa shape index (κ2) is 10.6. The van der Waals surface area contributed by atoms with E-state index < -0.39 is 5.97 Å². The first-order chi connectivity index (χ1) is 15.4. The Labute approximate surface area is 188 Å². The summed E-state index contributed by atoms with van der Waals surface area (Å²) in [6, 6.07) is 16.7. The van der Waals surface area contributed by atoms with Crippen molar-refractivity contribution in [3.8, 4) is 11.4 Å². The Bertz CT molecular complexity index is 1050. The fraction of sp³-hybridized carbons (Fsp3) is 0.320. The molecule has 1 aromatic heterocycles. The van der Waals surface area contributed by atoms with Crippen LogP contribution in [0.5, 0.6) is 5.75 Å². The number of hydrogen-bond acceptors (Lipinski definition) is 5. The fourth-order valence-electron chi connectivity index (χ4n) is 3.29. The molecule has 0 aliphatic rings. The third-order valence-electron chi connectivity index (χ3n) is 5.05. The van der Waals surface area contributed by atoms with Gasteiger partial charge in [-0.1, -0.05) is 26.0 Å². The Hall–Kier alpha value is -3.61. The summed E-state index contributed by atoms with van der Waals surface area (Å²) < 4.78 is 12.0. The van der Waals surface area contributed by atoms with Gasteiger partial charge < -0.3 is 14.8 Å². The van der Waals surface area contributed by atoms with E-state index in [0.717, 1.165) is 29.1 Å². The Morgan fingerprint density at radius 2 is 1.75 bits per heavy atom. The zero-order chi connectivity index (χ0) is 23.1. The number of amides is 1. The molecule has 0 saturated heterocycles. The van der Waals surface area contributed by atoms with E-state index >= 15 is 0 Å². The largest absolute Gasteiger partial charge is 0.497 e. The van der Waals surface area contributed by atoms with E-state index in [0.29, 0.717) is 18.7 Å². The van der Waals surface area contributed by atoms with E-state index in [1.165, 1.54) is 0 Å². The third kappa shape index (κ3) is 5.55. The topological polar surface area (TPSA) is 82.5 Å². The van der Waals surface area contributed by atoms with Gasteiger partial charge in [0.15, 0.2) is 5.69 Å². The fourth-order valence-corrected chi connectivity index (χ4v) is 3.29. The van der Waals surface area contributed by atoms with Crippen LogP contribution in [-0.2, 0) is 11.2 Å². The van der Waals surface area contributed by atoms with Gasteiger partial charge in [0.1, 0.15) is 5.75 Å². The van der Waals surface area contributed by atoms with Crippen LogP contribution in [0.25, 0.3) is 5.69 Å². The van der Waals surface area contributed by atoms with Crippen molar-refractivity contribution in [2.75, 3.05) is 20.3 Å². The third-order valence-corrected chi connectivity index (χ3v) is 5.05. The molecule has 0 bridgehead atoms. The monoisotopic (exact) mass is 435 g/mol. The molecule has 0 unspecified atom stereocenters. The highest BCUT2D eigenvalue weighted by molar-refractivity contribution is 5.94. The molecule has 0 aliphatic carbocycles. The summed E-state index contributed by atoms with van der Waals surface area (Å²) >= 11 is 0. The van der Waals surface area contributed by atoms with Crippen LogP contribution in [0.3, 0.4) is 0 Å². The second-order valence-electron chi connectivity index (χ2n) is 7.64. The number of nitrogens with zero attached hydrogens (tertiary/aromatic N) is 2. The lowest BCUT2D eigenvalue weighted by Gasteiger charge is -2.11. The van der Waals surface area contributed by atoms with Crippen molar-refractivity contribution in [3.05, 3.63) is 77.1 Å². The first-order valence-corrected chi connectivity index (χ1v) is 10.7. The highest BCUT2D eigenvalue weighted by Gasteiger charge is 2.18. The molecule has 1 amide bonds. The number of benzene rings is 2. The molecule has 1 N–H and O–H groups in total. The van der Waals surface area contributed by atoms with E-state index in [1.807, 2.05) is 50.2 Å². The van der Waals surface area contributed by atoms with Crippen LogP contribution in [0.15, 0.2) is 54.6 Å². The first-order valence-electron chi connectivity index (χ1n) is 10.7. The Kier molecular flexibility index (Phi) is 7.65. The van der Waals surface area contributed by atoms with E-state index in [-0.39, 0.29) is 17.5 Å². The van der Waals surface area contributed by atoms with Gasteiger partial charge >= 0.3 is 5.97 Å². The van der Waals surface area contributed by atoms with Crippen LogP contribution in [0.2, 0.25) is 0 Å². The number of methoxy groups -OCH3 is 1. The maximum atomic E-state index is 12.5. The summed E-state index contributed by atoms with van der Waals surface area (Å²) in [4.78, 5) is 24.6. The second-order valence-corrected chi connectivity index (χ2v) is 7.64. The normalized spacial score (nSPS) is 10.8. The molecule has 3 aromatic rings. The molecule has 7 nitrogen and oxygen atoms in total. The molecule has 0 saturated carbocycles. The average Bonchev–Trinajstić information content (AvgIpc) is 3.26. The lowest BCUT2D eigenvalue weighted by molar-refractivity contribution is 0.0518. The number of rotatable bonds is 9. The predicted octanol–water partition coefficient (Wildman–Crippen LogP) is 4.15. The molecule has 32 heavy (non-hydrogen) atoms. The number of ether oxygens (including phenoxy) is 2. The predicted molar refractivity (Wildman–Crippen MR) is 123 cm³/mol. The molecule has 2 aromatic carbocycles. The van der Waals surface area contributed by atoms with Crippen LogP contribution in [0.4, 0.5) is 0 Å². The van der Waals surface area contributed by atoms with Crippen molar-refractivity contribution in [1.29, 1.82) is 0 Å². The van der Waals surface area contributed by atoms with Gasteiger partial charge in [-0.05, 0) is 67.3 Å². The van der Waals surface area contributed by atoms with Crippen LogP contribution in [0, 0.1) is 0 Å². The highest BCUT2D eigenvalue weighted by atomic mass is 16.5. The number of carbonyl (C=O) groups is 2. The Balaban J connectivity index is 1.66. The van der Waals surface area contributed by atoms with Gasteiger partial charge in [0.2, 0.25) is 0 Å². The van der Waals surface area contributed by atoms with Crippen molar-refractivity contribution >= 4 is 11.9 Å². The van der Waals surface area contributed by atoms with Gasteiger partial charge in [0, 0.05) is 17.8 Å². The number of aromatic nitrogens is 2. The maximum Gasteiger partial charge on any atom is 0.358 e. The summed E-state index contributed by atoms with van der Waals surface area (Å²) in [5.41, 5.74) is 3.63. The molecule has 0 atom stereocenters. The van der Waals surface area contributed by atoms with Gasteiger partial charge in [0.25, 0.3) is 5.91 Å². The van der Waals surface area contributed by atoms with E-state index in [4.69, 9.17) is 9.47 Å². The summed E-state index contributed by atoms with van der Waals surface area (Å²) in [5.74, 6) is 0.388. The standard InChI is InChI=1S/C25H29N3O4/c1-5-32-25(30)22-16-23(17(2)3)28(27-22)20-10-8-19(9-11-20)24(29)26-15-14-18-6-12-21(31-4)13-7-18/h6-13,16-17H,5,14-15H2,1-4H3,(H,26,29). The van der Waals surface area contributed by atoms with E-state index in [2.05, 4.69) is 10.4 Å². The zero-order valence-corrected chi connectivity index (χ0v) is 18.9. The molecule has 1 heterocycles. The van der Waals surface area contributed by atoms with Gasteiger partial charge in [-0.2, -0.15) is 5.10 Å². The molecular formula is C25H29N3O4. The Morgan fingerprint density at radius 1 is 1.06 bits per heavy atom. The van der Waals surface area contributed by atoms with Crippen molar-refractivity contribution in [3.63, 3.8) is 0 Å². The molecular weight excluding hydrogens is 406 g/mol. The van der Waals surface area contributed by atoms with Gasteiger partial charge in [0.05, 0.1) is 19.4 Å². The quantitative estimate of drug-likeness (QED) is 0.511. The molecule has 3 rings (SSSR count). The smallest absolute Gasteiger partial charge is 0.358 e. The molecule has 7 heteroatoms. The van der Waals surface area contributed by atoms with Crippen molar-refractivity contribution in [2.45, 2.75) is 33.1 Å². The van der Waals surface area contributed by atoms with Crippen LogP contribution in [-0.4, -0.2) is 41.9 Å². The number of hydrogen-bond donors (Lipinski definition) is 1. The van der Waals surface area contributed by atoms with E-state index in [1.54, 1.807) is 36.9 Å². The van der Waals surface area contributed by atoms with Crippen molar-refractivity contribution in [1.82, 2.24) is 15.1 Å². The minimum atomic E-state index is -0.444. The number of esters is 1. The van der Waals surface area contributed by atoms with Crippen LogP contribution < -0.4 is 10.1 Å². The molecule has 0 radical (unpaired) electrons. The minimum Gasteiger partial charge on any atom is -0.497 e. The van der Waals surface area contributed by atoms with Gasteiger partial charge in [-0.3, -0.25) is 4.79 Å². The van der Waals surface area contributed by atoms with Gasteiger partial charge in [-0.25, -0.2) is 9.48 Å². The van der Waals surface area contributed by atoms with Gasteiger partial charge in [-0.15, -0.1) is 0 Å². The minimum absolute atomic E-state index is 0.137. The first kappa shape index (κ1) is 23.1. The molecule has 0 fully saturated rings. The lowest BCUT2D eigenvalue weighted by atomic mass is 10.1. The number of nitrogens with one attached hydrogen (secondary N) is 1. The lowest BCUT2D eigenvalue weighted by Crippen LogP contribution is -2.25. The summed E-state index contributed by atoms with van der Waals surface area (Å²) in [7, 11) is 1.63. The van der Waals surface area contributed by atoms with E-state index in [9.17, 15) is 9.59 Å². The summed E-state index contributed by atoms with van der Waals surface area (Å²) in [6.45, 7) is 6.66. The number of carbonyl (C=O) groups excluding carboxylic acids is 2. The summed E-state index contributed by atoms with van der Waals surface area (Å²) in [6.07, 6.45) is 0.732. The molecule has 0 aliphatic heterocycles. The van der Waals surface area contributed by atoms with Crippen molar-refractivity contribution < 1.29 is 19.1 Å². The highest BCUT2D eigenvalue weighted by Crippen LogP contribution is 2.21. The Morgan fingerprint density at radius 3 is 2.34 bits per heavy atom. The molecule has 168 valence electrons. The van der Waals surface area contributed by atoms with Crippen LogP contribution >= 0.6 is 0 Å². The van der Waals surface area contributed by atoms with Crippen molar-refractivity contribution in [2.24, 2.45) is 0 Å². The average molecular weight is 436 g/mol.